The van der Waals surface area contributed by atoms with Crippen LogP contribution in [0.4, 0.5) is 10.2 Å². The summed E-state index contributed by atoms with van der Waals surface area (Å²) in [5.41, 5.74) is 1.54. The number of hydrogen-bond acceptors (Lipinski definition) is 4. The smallest absolute Gasteiger partial charge is 0.229 e. The average Bonchev–Trinajstić information content (AvgIpc) is 3.13. The molecule has 3 aromatic rings. The molecule has 0 saturated heterocycles. The molecule has 0 fully saturated rings. The summed E-state index contributed by atoms with van der Waals surface area (Å²) in [6, 6.07) is 11.4. The second-order valence-corrected chi connectivity index (χ2v) is 6.91. The van der Waals surface area contributed by atoms with Crippen LogP contribution < -0.4 is 14.8 Å². The Morgan fingerprint density at radius 3 is 2.60 bits per heavy atom. The maximum atomic E-state index is 13.2. The van der Waals surface area contributed by atoms with Crippen LogP contribution in [0.25, 0.3) is 0 Å². The van der Waals surface area contributed by atoms with Gasteiger partial charge in [-0.05, 0) is 49.2 Å². The summed E-state index contributed by atoms with van der Waals surface area (Å²) >= 11 is 6.06. The second kappa shape index (κ2) is 10.1. The highest BCUT2D eigenvalue weighted by Crippen LogP contribution is 2.28. The molecule has 1 heterocycles. The molecule has 8 heteroatoms. The summed E-state index contributed by atoms with van der Waals surface area (Å²) < 4.78 is 25.9. The summed E-state index contributed by atoms with van der Waals surface area (Å²) in [7, 11) is 0. The molecule has 1 amide bonds. The average molecular weight is 432 g/mol. The Morgan fingerprint density at radius 2 is 1.87 bits per heavy atom. The van der Waals surface area contributed by atoms with Gasteiger partial charge in [-0.1, -0.05) is 23.7 Å². The fourth-order valence-corrected chi connectivity index (χ4v) is 3.15. The van der Waals surface area contributed by atoms with Gasteiger partial charge in [-0.15, -0.1) is 0 Å². The third kappa shape index (κ3) is 5.73. The summed E-state index contributed by atoms with van der Waals surface area (Å²) in [5, 5.41) is 7.43. The van der Waals surface area contributed by atoms with Crippen LogP contribution in [0.15, 0.2) is 48.7 Å². The van der Waals surface area contributed by atoms with Crippen molar-refractivity contribution >= 4 is 23.3 Å². The summed E-state index contributed by atoms with van der Waals surface area (Å²) in [6.45, 7) is 5.20. The van der Waals surface area contributed by atoms with E-state index in [4.69, 9.17) is 21.1 Å². The van der Waals surface area contributed by atoms with E-state index in [1.165, 1.54) is 12.1 Å². The number of carbonyl (C=O) groups excluding carboxylic acids is 1. The second-order valence-electron chi connectivity index (χ2n) is 6.51. The Hall–Kier alpha value is -3.06. The topological polar surface area (TPSA) is 65.4 Å². The molecule has 0 unspecified atom stereocenters. The minimum Gasteiger partial charge on any atom is -0.490 e. The molecule has 2 aromatic carbocycles. The highest BCUT2D eigenvalue weighted by molar-refractivity contribution is 6.31. The van der Waals surface area contributed by atoms with E-state index in [1.807, 2.05) is 26.0 Å². The lowest BCUT2D eigenvalue weighted by Crippen LogP contribution is -2.15. The van der Waals surface area contributed by atoms with Gasteiger partial charge in [-0.2, -0.15) is 5.10 Å². The number of nitrogens with one attached hydrogen (secondary N) is 1. The molecule has 1 N–H and O–H groups in total. The zero-order chi connectivity index (χ0) is 21.5. The monoisotopic (exact) mass is 431 g/mol. The van der Waals surface area contributed by atoms with Crippen molar-refractivity contribution in [3.63, 3.8) is 0 Å². The normalized spacial score (nSPS) is 10.7. The molecule has 6 nitrogen and oxygen atoms in total. The highest BCUT2D eigenvalue weighted by atomic mass is 35.5. The Morgan fingerprint density at radius 1 is 1.10 bits per heavy atom. The number of halogens is 2. The molecule has 0 atom stereocenters. The van der Waals surface area contributed by atoms with Crippen molar-refractivity contribution in [3.8, 4) is 11.5 Å². The van der Waals surface area contributed by atoms with Crippen molar-refractivity contribution in [1.82, 2.24) is 9.78 Å². The Bertz CT molecular complexity index is 1020. The van der Waals surface area contributed by atoms with Crippen LogP contribution in [0.3, 0.4) is 0 Å². The number of nitrogens with zero attached hydrogens (tertiary/aromatic N) is 2. The molecule has 0 saturated carbocycles. The van der Waals surface area contributed by atoms with Crippen LogP contribution in [0.2, 0.25) is 5.02 Å². The van der Waals surface area contributed by atoms with E-state index in [0.29, 0.717) is 42.1 Å². The summed E-state index contributed by atoms with van der Waals surface area (Å²) in [5.74, 6) is 1.10. The molecule has 3 rings (SSSR count). The Labute approximate surface area is 179 Å². The van der Waals surface area contributed by atoms with Crippen LogP contribution in [0.5, 0.6) is 11.5 Å². The number of benzene rings is 2. The molecule has 0 spiro atoms. The third-order valence-corrected chi connectivity index (χ3v) is 4.58. The zero-order valence-electron chi connectivity index (χ0n) is 16.8. The first kappa shape index (κ1) is 21.6. The molecule has 0 bridgehead atoms. The van der Waals surface area contributed by atoms with Crippen molar-refractivity contribution in [2.24, 2.45) is 0 Å². The van der Waals surface area contributed by atoms with Gasteiger partial charge in [-0.3, -0.25) is 9.48 Å². The highest BCUT2D eigenvalue weighted by Gasteiger charge is 2.11. The van der Waals surface area contributed by atoms with Crippen LogP contribution in [0, 0.1) is 5.82 Å². The predicted molar refractivity (Wildman–Crippen MR) is 114 cm³/mol. The zero-order valence-corrected chi connectivity index (χ0v) is 17.6. The van der Waals surface area contributed by atoms with E-state index in [0.717, 1.165) is 11.1 Å². The van der Waals surface area contributed by atoms with Gasteiger partial charge < -0.3 is 14.8 Å². The van der Waals surface area contributed by atoms with E-state index in [2.05, 4.69) is 10.4 Å². The lowest BCUT2D eigenvalue weighted by Gasteiger charge is -2.12. The Kier molecular flexibility index (Phi) is 7.30. The maximum Gasteiger partial charge on any atom is 0.229 e. The number of rotatable bonds is 9. The molecule has 158 valence electrons. The van der Waals surface area contributed by atoms with E-state index in [-0.39, 0.29) is 18.1 Å². The molecule has 30 heavy (non-hydrogen) atoms. The van der Waals surface area contributed by atoms with E-state index in [9.17, 15) is 9.18 Å². The van der Waals surface area contributed by atoms with E-state index < -0.39 is 0 Å². The van der Waals surface area contributed by atoms with Gasteiger partial charge in [0.05, 0.1) is 26.2 Å². The van der Waals surface area contributed by atoms with Crippen LogP contribution in [0.1, 0.15) is 25.0 Å². The molecular weight excluding hydrogens is 409 g/mol. The van der Waals surface area contributed by atoms with Crippen molar-refractivity contribution in [3.05, 3.63) is 70.6 Å². The number of ether oxygens (including phenoxy) is 2. The maximum absolute atomic E-state index is 13.2. The Balaban J connectivity index is 1.62. The largest absolute Gasteiger partial charge is 0.490 e. The summed E-state index contributed by atoms with van der Waals surface area (Å²) in [6.07, 6.45) is 1.89. The molecule has 0 aliphatic heterocycles. The van der Waals surface area contributed by atoms with Crippen molar-refractivity contribution < 1.29 is 18.7 Å². The number of carbonyl (C=O) groups is 1. The van der Waals surface area contributed by atoms with Crippen LogP contribution in [-0.2, 0) is 17.8 Å². The minimum atomic E-state index is -0.390. The fourth-order valence-electron chi connectivity index (χ4n) is 2.92. The first-order valence-corrected chi connectivity index (χ1v) is 10.0. The van der Waals surface area contributed by atoms with Crippen molar-refractivity contribution in [1.29, 1.82) is 0 Å². The van der Waals surface area contributed by atoms with E-state index >= 15 is 0 Å². The number of amides is 1. The molecular formula is C22H23ClFN3O3. The molecule has 1 aromatic heterocycles. The van der Waals surface area contributed by atoms with Gasteiger partial charge in [-0.25, -0.2) is 4.39 Å². The van der Waals surface area contributed by atoms with Crippen molar-refractivity contribution in [2.45, 2.75) is 26.8 Å². The van der Waals surface area contributed by atoms with Crippen molar-refractivity contribution in [2.75, 3.05) is 18.5 Å². The van der Waals surface area contributed by atoms with Crippen LogP contribution in [-0.4, -0.2) is 28.9 Å². The van der Waals surface area contributed by atoms with Gasteiger partial charge in [0.1, 0.15) is 5.82 Å². The van der Waals surface area contributed by atoms with Gasteiger partial charge in [0.2, 0.25) is 5.91 Å². The van der Waals surface area contributed by atoms with Gasteiger partial charge >= 0.3 is 0 Å². The lowest BCUT2D eigenvalue weighted by atomic mass is 10.1. The third-order valence-electron chi connectivity index (χ3n) is 4.23. The quantitative estimate of drug-likeness (QED) is 0.533. The number of hydrogen-bond donors (Lipinski definition) is 1. The molecule has 0 aliphatic rings. The van der Waals surface area contributed by atoms with Gasteiger partial charge in [0.15, 0.2) is 17.3 Å². The van der Waals surface area contributed by atoms with Gasteiger partial charge in [0, 0.05) is 17.3 Å². The van der Waals surface area contributed by atoms with Crippen LogP contribution >= 0.6 is 11.6 Å². The number of aromatic nitrogens is 2. The lowest BCUT2D eigenvalue weighted by molar-refractivity contribution is -0.115. The standard InChI is InChI=1S/C22H23ClFN3O3/c1-3-29-19-8-5-15(11-20(19)30-4-2)12-22(28)25-21-9-10-27(26-21)14-16-6-7-17(24)13-18(16)23/h5-11,13H,3-4,12,14H2,1-2H3,(H,25,26,28). The van der Waals surface area contributed by atoms with Gasteiger partial charge in [0.25, 0.3) is 0 Å². The summed E-state index contributed by atoms with van der Waals surface area (Å²) in [4.78, 5) is 12.4. The fraction of sp³-hybridized carbons (Fsp3) is 0.273. The minimum absolute atomic E-state index is 0.170. The molecule has 0 radical (unpaired) electrons. The molecule has 0 aliphatic carbocycles. The number of anilines is 1. The first-order valence-electron chi connectivity index (χ1n) is 9.64. The van der Waals surface area contributed by atoms with E-state index in [1.54, 1.807) is 29.1 Å². The first-order chi connectivity index (χ1) is 14.5. The SMILES string of the molecule is CCOc1ccc(CC(=O)Nc2ccn(Cc3ccc(F)cc3Cl)n2)cc1OCC. The predicted octanol–water partition coefficient (Wildman–Crippen LogP) is 4.70.